The monoisotopic (exact) mass is 260 g/mol. The number of carbonyl (C=O) groups excluding carboxylic acids is 1. The van der Waals surface area contributed by atoms with Crippen molar-refractivity contribution in [2.45, 2.75) is 12.3 Å². The highest BCUT2D eigenvalue weighted by molar-refractivity contribution is 5.98. The number of amides is 1. The standard InChI is InChI=1S/C14H16N2O3/c17-13(9-7-15-8-9)16-6-5-11(14(18)19)10-3-1-2-4-12(10)16/h1-4,9,11,15H,5-8H2,(H,18,19). The molecule has 2 aliphatic heterocycles. The molecule has 19 heavy (non-hydrogen) atoms. The number of para-hydroxylation sites is 1. The maximum Gasteiger partial charge on any atom is 0.311 e. The van der Waals surface area contributed by atoms with Gasteiger partial charge in [-0.05, 0) is 18.1 Å². The first-order valence-electron chi connectivity index (χ1n) is 6.52. The van der Waals surface area contributed by atoms with E-state index in [4.69, 9.17) is 0 Å². The molecule has 1 aromatic rings. The lowest BCUT2D eigenvalue weighted by molar-refractivity contribution is -0.139. The fourth-order valence-corrected chi connectivity index (χ4v) is 2.73. The Balaban J connectivity index is 1.94. The van der Waals surface area contributed by atoms with Crippen LogP contribution in [0.4, 0.5) is 5.69 Å². The molecule has 1 amide bonds. The Labute approximate surface area is 111 Å². The zero-order valence-electron chi connectivity index (χ0n) is 10.5. The van der Waals surface area contributed by atoms with Crippen LogP contribution in [0.1, 0.15) is 17.9 Å². The molecule has 0 aromatic heterocycles. The van der Waals surface area contributed by atoms with Gasteiger partial charge in [0.2, 0.25) is 5.91 Å². The summed E-state index contributed by atoms with van der Waals surface area (Å²) in [5.74, 6) is -1.17. The number of carboxylic acids is 1. The van der Waals surface area contributed by atoms with Gasteiger partial charge in [-0.2, -0.15) is 0 Å². The lowest BCUT2D eigenvalue weighted by Crippen LogP contribution is -2.53. The third-order valence-corrected chi connectivity index (χ3v) is 3.94. The highest BCUT2D eigenvalue weighted by atomic mass is 16.4. The van der Waals surface area contributed by atoms with Gasteiger partial charge in [-0.15, -0.1) is 0 Å². The van der Waals surface area contributed by atoms with Crippen LogP contribution in [0.15, 0.2) is 24.3 Å². The largest absolute Gasteiger partial charge is 0.481 e. The molecule has 0 bridgehead atoms. The Morgan fingerprint density at radius 1 is 1.26 bits per heavy atom. The van der Waals surface area contributed by atoms with Gasteiger partial charge in [0.05, 0.1) is 11.8 Å². The van der Waals surface area contributed by atoms with E-state index < -0.39 is 11.9 Å². The summed E-state index contributed by atoms with van der Waals surface area (Å²) in [4.78, 5) is 25.4. The predicted molar refractivity (Wildman–Crippen MR) is 70.1 cm³/mol. The van der Waals surface area contributed by atoms with Crippen molar-refractivity contribution in [3.63, 3.8) is 0 Å². The molecule has 0 spiro atoms. The Morgan fingerprint density at radius 2 is 2.00 bits per heavy atom. The average Bonchev–Trinajstić information content (AvgIpc) is 2.35. The molecule has 5 nitrogen and oxygen atoms in total. The van der Waals surface area contributed by atoms with E-state index in [9.17, 15) is 14.7 Å². The average molecular weight is 260 g/mol. The number of hydrogen-bond acceptors (Lipinski definition) is 3. The molecule has 0 saturated carbocycles. The van der Waals surface area contributed by atoms with Crippen molar-refractivity contribution < 1.29 is 14.7 Å². The molecular weight excluding hydrogens is 244 g/mol. The first-order chi connectivity index (χ1) is 9.18. The molecule has 1 fully saturated rings. The number of aliphatic carboxylic acids is 1. The SMILES string of the molecule is O=C(O)C1CCN(C(=O)C2CNC2)c2ccccc21. The summed E-state index contributed by atoms with van der Waals surface area (Å²) in [7, 11) is 0. The second kappa shape index (κ2) is 4.66. The van der Waals surface area contributed by atoms with E-state index in [1.165, 1.54) is 0 Å². The van der Waals surface area contributed by atoms with Crippen LogP contribution in [0, 0.1) is 5.92 Å². The van der Waals surface area contributed by atoms with Crippen LogP contribution in [0.3, 0.4) is 0 Å². The number of carbonyl (C=O) groups is 2. The number of carboxylic acid groups (broad SMARTS) is 1. The fourth-order valence-electron chi connectivity index (χ4n) is 2.73. The molecule has 0 aliphatic carbocycles. The van der Waals surface area contributed by atoms with E-state index >= 15 is 0 Å². The van der Waals surface area contributed by atoms with Crippen molar-refractivity contribution in [3.8, 4) is 0 Å². The van der Waals surface area contributed by atoms with Gasteiger partial charge in [0.1, 0.15) is 0 Å². The van der Waals surface area contributed by atoms with E-state index in [2.05, 4.69) is 5.32 Å². The second-order valence-electron chi connectivity index (χ2n) is 5.08. The number of anilines is 1. The van der Waals surface area contributed by atoms with Crippen molar-refractivity contribution >= 4 is 17.6 Å². The molecule has 1 atom stereocenters. The van der Waals surface area contributed by atoms with Gasteiger partial charge < -0.3 is 15.3 Å². The minimum absolute atomic E-state index is 0.0365. The summed E-state index contributed by atoms with van der Waals surface area (Å²) in [6.45, 7) is 1.93. The van der Waals surface area contributed by atoms with Crippen LogP contribution < -0.4 is 10.2 Å². The Hall–Kier alpha value is -1.88. The first-order valence-corrected chi connectivity index (χ1v) is 6.52. The quantitative estimate of drug-likeness (QED) is 0.825. The smallest absolute Gasteiger partial charge is 0.311 e. The molecule has 1 saturated heterocycles. The maximum atomic E-state index is 12.4. The Morgan fingerprint density at radius 3 is 2.63 bits per heavy atom. The van der Waals surface area contributed by atoms with Crippen LogP contribution in [0.25, 0.3) is 0 Å². The number of rotatable bonds is 2. The third-order valence-electron chi connectivity index (χ3n) is 3.94. The minimum atomic E-state index is -0.815. The van der Waals surface area contributed by atoms with Crippen molar-refractivity contribution in [2.24, 2.45) is 5.92 Å². The summed E-state index contributed by atoms with van der Waals surface area (Å²) in [5, 5.41) is 12.4. The summed E-state index contributed by atoms with van der Waals surface area (Å²) < 4.78 is 0. The van der Waals surface area contributed by atoms with E-state index in [-0.39, 0.29) is 11.8 Å². The second-order valence-corrected chi connectivity index (χ2v) is 5.08. The van der Waals surface area contributed by atoms with Gasteiger partial charge in [0.15, 0.2) is 0 Å². The van der Waals surface area contributed by atoms with Crippen molar-refractivity contribution in [2.75, 3.05) is 24.5 Å². The molecule has 2 N–H and O–H groups in total. The van der Waals surface area contributed by atoms with Crippen LogP contribution in [-0.4, -0.2) is 36.6 Å². The summed E-state index contributed by atoms with van der Waals surface area (Å²) in [5.41, 5.74) is 1.51. The number of nitrogens with zero attached hydrogens (tertiary/aromatic N) is 1. The summed E-state index contributed by atoms with van der Waals surface area (Å²) in [6.07, 6.45) is 0.484. The molecule has 2 heterocycles. The fraction of sp³-hybridized carbons (Fsp3) is 0.429. The van der Waals surface area contributed by atoms with Gasteiger partial charge in [-0.3, -0.25) is 9.59 Å². The lowest BCUT2D eigenvalue weighted by atomic mass is 9.88. The van der Waals surface area contributed by atoms with E-state index in [1.54, 1.807) is 4.90 Å². The van der Waals surface area contributed by atoms with E-state index in [0.717, 1.165) is 24.3 Å². The van der Waals surface area contributed by atoms with Gasteiger partial charge in [0.25, 0.3) is 0 Å². The number of fused-ring (bicyclic) bond motifs is 1. The zero-order chi connectivity index (χ0) is 13.4. The Bertz CT molecular complexity index is 525. The third kappa shape index (κ3) is 2.00. The highest BCUT2D eigenvalue weighted by Crippen LogP contribution is 2.36. The molecular formula is C14H16N2O3. The maximum absolute atomic E-state index is 12.4. The summed E-state index contributed by atoms with van der Waals surface area (Å²) in [6, 6.07) is 7.33. The van der Waals surface area contributed by atoms with Gasteiger partial charge in [0, 0.05) is 25.3 Å². The molecule has 3 rings (SSSR count). The first kappa shape index (κ1) is 12.2. The normalized spacial score (nSPS) is 22.5. The van der Waals surface area contributed by atoms with Crippen LogP contribution >= 0.6 is 0 Å². The molecule has 100 valence electrons. The highest BCUT2D eigenvalue weighted by Gasteiger charge is 2.36. The molecule has 5 heteroatoms. The number of hydrogen-bond donors (Lipinski definition) is 2. The van der Waals surface area contributed by atoms with Crippen LogP contribution in [-0.2, 0) is 9.59 Å². The van der Waals surface area contributed by atoms with Crippen molar-refractivity contribution in [3.05, 3.63) is 29.8 Å². The zero-order valence-corrected chi connectivity index (χ0v) is 10.5. The predicted octanol–water partition coefficient (Wildman–Crippen LogP) is 0.811. The minimum Gasteiger partial charge on any atom is -0.481 e. The molecule has 1 unspecified atom stereocenters. The topological polar surface area (TPSA) is 69.6 Å². The Kier molecular flexibility index (Phi) is 2.98. The van der Waals surface area contributed by atoms with Crippen molar-refractivity contribution in [1.29, 1.82) is 0 Å². The number of nitrogens with one attached hydrogen (secondary N) is 1. The van der Waals surface area contributed by atoms with Gasteiger partial charge in [-0.1, -0.05) is 18.2 Å². The molecule has 0 radical (unpaired) electrons. The van der Waals surface area contributed by atoms with E-state index in [1.807, 2.05) is 24.3 Å². The van der Waals surface area contributed by atoms with Crippen molar-refractivity contribution in [1.82, 2.24) is 5.32 Å². The van der Waals surface area contributed by atoms with E-state index in [0.29, 0.717) is 13.0 Å². The molecule has 1 aromatic carbocycles. The lowest BCUT2D eigenvalue weighted by Gasteiger charge is -2.37. The van der Waals surface area contributed by atoms with Crippen LogP contribution in [0.2, 0.25) is 0 Å². The van der Waals surface area contributed by atoms with Gasteiger partial charge in [-0.25, -0.2) is 0 Å². The molecule has 2 aliphatic rings. The van der Waals surface area contributed by atoms with Crippen LogP contribution in [0.5, 0.6) is 0 Å². The van der Waals surface area contributed by atoms with Gasteiger partial charge >= 0.3 is 5.97 Å². The number of benzene rings is 1. The summed E-state index contributed by atoms with van der Waals surface area (Å²) >= 11 is 0.